The Balaban J connectivity index is 1.84. The van der Waals surface area contributed by atoms with Gasteiger partial charge < -0.3 is 9.64 Å². The zero-order valence-corrected chi connectivity index (χ0v) is 14.2. The molecule has 0 bridgehead atoms. The molecule has 1 aliphatic rings. The molecule has 22 heavy (non-hydrogen) atoms. The van der Waals surface area contributed by atoms with Gasteiger partial charge in [0.15, 0.2) is 0 Å². The van der Waals surface area contributed by atoms with Crippen LogP contribution in [0.1, 0.15) is 25.3 Å². The van der Waals surface area contributed by atoms with Crippen LogP contribution in [0.2, 0.25) is 5.02 Å². The van der Waals surface area contributed by atoms with Crippen LogP contribution in [0.25, 0.3) is 0 Å². The number of hydrogen-bond acceptors (Lipinski definition) is 3. The predicted octanol–water partition coefficient (Wildman–Crippen LogP) is 2.80. The molecule has 4 nitrogen and oxygen atoms in total. The second kappa shape index (κ2) is 8.51. The Morgan fingerprint density at radius 2 is 1.95 bits per heavy atom. The topological polar surface area (TPSA) is 32.8 Å². The zero-order valence-electron chi connectivity index (χ0n) is 13.4. The number of nitrogens with zero attached hydrogens (tertiary/aromatic N) is 2. The maximum atomic E-state index is 12.4. The summed E-state index contributed by atoms with van der Waals surface area (Å²) >= 11 is 5.91. The van der Waals surface area contributed by atoms with Gasteiger partial charge in [0, 0.05) is 31.8 Å². The molecule has 1 aromatic carbocycles. The van der Waals surface area contributed by atoms with E-state index in [-0.39, 0.29) is 5.91 Å². The van der Waals surface area contributed by atoms with Gasteiger partial charge in [-0.05, 0) is 37.1 Å². The molecule has 0 atom stereocenters. The van der Waals surface area contributed by atoms with E-state index >= 15 is 0 Å². The fraction of sp³-hybridized carbons (Fsp3) is 0.588. The monoisotopic (exact) mass is 324 g/mol. The number of rotatable bonds is 6. The molecule has 1 fully saturated rings. The fourth-order valence-corrected chi connectivity index (χ4v) is 2.89. The Morgan fingerprint density at radius 3 is 2.50 bits per heavy atom. The van der Waals surface area contributed by atoms with Gasteiger partial charge in [-0.3, -0.25) is 9.69 Å². The van der Waals surface area contributed by atoms with E-state index in [1.165, 1.54) is 5.56 Å². The quantitative estimate of drug-likeness (QED) is 0.806. The van der Waals surface area contributed by atoms with Crippen molar-refractivity contribution < 1.29 is 9.53 Å². The minimum Gasteiger partial charge on any atom is -0.381 e. The van der Waals surface area contributed by atoms with Gasteiger partial charge in [-0.2, -0.15) is 0 Å². The summed E-state index contributed by atoms with van der Waals surface area (Å²) in [6.45, 7) is 5.78. The number of methoxy groups -OCH3 is 1. The summed E-state index contributed by atoms with van der Waals surface area (Å²) in [4.78, 5) is 16.5. The van der Waals surface area contributed by atoms with Crippen LogP contribution in [0, 0.1) is 0 Å². The summed E-state index contributed by atoms with van der Waals surface area (Å²) in [6.07, 6.45) is 2.18. The molecule has 0 saturated carbocycles. The van der Waals surface area contributed by atoms with Crippen molar-refractivity contribution in [1.29, 1.82) is 0 Å². The molecule has 5 heteroatoms. The lowest BCUT2D eigenvalue weighted by molar-refractivity contribution is -0.134. The Bertz CT molecular complexity index is 470. The molecule has 1 amide bonds. The van der Waals surface area contributed by atoms with Crippen molar-refractivity contribution in [3.8, 4) is 0 Å². The molecule has 1 saturated heterocycles. The first-order valence-corrected chi connectivity index (χ1v) is 8.27. The second-order valence-electron chi connectivity index (χ2n) is 5.75. The number of benzene rings is 1. The average Bonchev–Trinajstić information content (AvgIpc) is 2.56. The van der Waals surface area contributed by atoms with Crippen LogP contribution in [-0.2, 0) is 16.1 Å². The number of ether oxygens (including phenoxy) is 1. The van der Waals surface area contributed by atoms with Gasteiger partial charge in [0.2, 0.25) is 5.91 Å². The van der Waals surface area contributed by atoms with E-state index in [1.54, 1.807) is 7.11 Å². The molecule has 1 heterocycles. The molecule has 0 radical (unpaired) electrons. The van der Waals surface area contributed by atoms with Crippen molar-refractivity contribution in [3.63, 3.8) is 0 Å². The van der Waals surface area contributed by atoms with Crippen LogP contribution in [0.3, 0.4) is 0 Å². The largest absolute Gasteiger partial charge is 0.381 e. The van der Waals surface area contributed by atoms with E-state index < -0.39 is 0 Å². The molecule has 122 valence electrons. The molecule has 0 aromatic heterocycles. The molecule has 0 spiro atoms. The average molecular weight is 325 g/mol. The SMILES string of the molecule is CCN(CC(=O)N1CCC(OC)CC1)Cc1ccc(Cl)cc1. The van der Waals surface area contributed by atoms with Gasteiger partial charge in [-0.1, -0.05) is 30.7 Å². The number of carbonyl (C=O) groups is 1. The molecular weight excluding hydrogens is 300 g/mol. The van der Waals surface area contributed by atoms with Gasteiger partial charge in [-0.25, -0.2) is 0 Å². The van der Waals surface area contributed by atoms with Crippen LogP contribution in [-0.4, -0.2) is 55.1 Å². The van der Waals surface area contributed by atoms with Crippen LogP contribution in [0.5, 0.6) is 0 Å². The number of piperidine rings is 1. The highest BCUT2D eigenvalue weighted by atomic mass is 35.5. The molecular formula is C17H25ClN2O2. The number of likely N-dealkylation sites (tertiary alicyclic amines) is 1. The molecule has 0 unspecified atom stereocenters. The van der Waals surface area contributed by atoms with Crippen molar-refractivity contribution in [3.05, 3.63) is 34.9 Å². The molecule has 2 rings (SSSR count). The number of hydrogen-bond donors (Lipinski definition) is 0. The number of likely N-dealkylation sites (N-methyl/N-ethyl adjacent to an activating group) is 1. The van der Waals surface area contributed by atoms with E-state index in [4.69, 9.17) is 16.3 Å². The third-order valence-corrected chi connectivity index (χ3v) is 4.51. The summed E-state index contributed by atoms with van der Waals surface area (Å²) in [5.74, 6) is 0.213. The second-order valence-corrected chi connectivity index (χ2v) is 6.18. The van der Waals surface area contributed by atoms with Crippen LogP contribution in [0.4, 0.5) is 0 Å². The smallest absolute Gasteiger partial charge is 0.236 e. The first-order chi connectivity index (χ1) is 10.6. The maximum absolute atomic E-state index is 12.4. The fourth-order valence-electron chi connectivity index (χ4n) is 2.76. The lowest BCUT2D eigenvalue weighted by atomic mass is 10.1. The summed E-state index contributed by atoms with van der Waals surface area (Å²) < 4.78 is 5.35. The lowest BCUT2D eigenvalue weighted by Crippen LogP contribution is -2.45. The molecule has 0 N–H and O–H groups in total. The summed E-state index contributed by atoms with van der Waals surface area (Å²) in [6, 6.07) is 7.81. The van der Waals surface area contributed by atoms with Gasteiger partial charge in [0.25, 0.3) is 0 Å². The van der Waals surface area contributed by atoms with Gasteiger partial charge in [0.05, 0.1) is 12.6 Å². The number of amides is 1. The first-order valence-electron chi connectivity index (χ1n) is 7.89. The van der Waals surface area contributed by atoms with Crippen LogP contribution >= 0.6 is 11.6 Å². The summed E-state index contributed by atoms with van der Waals surface area (Å²) in [5.41, 5.74) is 1.18. The first kappa shape index (κ1) is 17.3. The highest BCUT2D eigenvalue weighted by molar-refractivity contribution is 6.30. The van der Waals surface area contributed by atoms with Crippen LogP contribution < -0.4 is 0 Å². The molecule has 0 aliphatic carbocycles. The van der Waals surface area contributed by atoms with Crippen molar-refractivity contribution >= 4 is 17.5 Å². The predicted molar refractivity (Wildman–Crippen MR) is 89.0 cm³/mol. The molecule has 1 aromatic rings. The minimum atomic E-state index is 0.213. The van der Waals surface area contributed by atoms with E-state index in [0.717, 1.165) is 44.0 Å². The normalized spacial score (nSPS) is 16.3. The molecule has 1 aliphatic heterocycles. The number of halogens is 1. The van der Waals surface area contributed by atoms with Crippen molar-refractivity contribution in [2.24, 2.45) is 0 Å². The Morgan fingerprint density at radius 1 is 1.32 bits per heavy atom. The van der Waals surface area contributed by atoms with Crippen molar-refractivity contribution in [1.82, 2.24) is 9.80 Å². The number of carbonyl (C=O) groups excluding carboxylic acids is 1. The summed E-state index contributed by atoms with van der Waals surface area (Å²) in [7, 11) is 1.74. The highest BCUT2D eigenvalue weighted by Gasteiger charge is 2.23. The Hall–Kier alpha value is -1.10. The van der Waals surface area contributed by atoms with Crippen LogP contribution in [0.15, 0.2) is 24.3 Å². The van der Waals surface area contributed by atoms with Crippen molar-refractivity contribution in [2.45, 2.75) is 32.4 Å². The standard InChI is InChI=1S/C17H25ClN2O2/c1-3-19(12-14-4-6-15(18)7-5-14)13-17(21)20-10-8-16(22-2)9-11-20/h4-7,16H,3,8-13H2,1-2H3. The van der Waals surface area contributed by atoms with E-state index in [9.17, 15) is 4.79 Å². The van der Waals surface area contributed by atoms with E-state index in [1.807, 2.05) is 29.2 Å². The van der Waals surface area contributed by atoms with Gasteiger partial charge >= 0.3 is 0 Å². The lowest BCUT2D eigenvalue weighted by Gasteiger charge is -2.32. The van der Waals surface area contributed by atoms with E-state index in [2.05, 4.69) is 11.8 Å². The Kier molecular flexibility index (Phi) is 6.68. The third kappa shape index (κ3) is 4.97. The minimum absolute atomic E-state index is 0.213. The Labute approximate surface area is 138 Å². The van der Waals surface area contributed by atoms with Crippen molar-refractivity contribution in [2.75, 3.05) is 33.3 Å². The van der Waals surface area contributed by atoms with Gasteiger partial charge in [-0.15, -0.1) is 0 Å². The highest BCUT2D eigenvalue weighted by Crippen LogP contribution is 2.14. The third-order valence-electron chi connectivity index (χ3n) is 4.25. The summed E-state index contributed by atoms with van der Waals surface area (Å²) in [5, 5.41) is 0.740. The zero-order chi connectivity index (χ0) is 15.9. The maximum Gasteiger partial charge on any atom is 0.236 e. The van der Waals surface area contributed by atoms with Gasteiger partial charge in [0.1, 0.15) is 0 Å². The van der Waals surface area contributed by atoms with E-state index in [0.29, 0.717) is 12.6 Å².